The first-order valence-corrected chi connectivity index (χ1v) is 6.71. The smallest absolute Gasteiger partial charge is 0.242 e. The molecule has 1 aromatic rings. The van der Waals surface area contributed by atoms with Crippen molar-refractivity contribution >= 4 is 17.6 Å². The quantitative estimate of drug-likeness (QED) is 0.871. The first-order chi connectivity index (χ1) is 9.47. The maximum absolute atomic E-state index is 12.1. The minimum absolute atomic E-state index is 0.0832. The standard InChI is InChI=1S/C13H20N4O3/c1-9-8-12(15-20-9)14-13(19)10(2)16-4-6-17(7-5-16)11(3)18/h8,10H,4-7H2,1-3H3,(H,14,15,19)/t10-/m0/s1. The van der Waals surface area contributed by atoms with Gasteiger partial charge in [0, 0.05) is 39.2 Å². The molecule has 0 bridgehead atoms. The Morgan fingerprint density at radius 3 is 2.50 bits per heavy atom. The summed E-state index contributed by atoms with van der Waals surface area (Å²) >= 11 is 0. The fourth-order valence-electron chi connectivity index (χ4n) is 2.25. The number of anilines is 1. The third-order valence-electron chi connectivity index (χ3n) is 3.57. The molecule has 0 unspecified atom stereocenters. The molecule has 7 nitrogen and oxygen atoms in total. The highest BCUT2D eigenvalue weighted by Crippen LogP contribution is 2.11. The van der Waals surface area contributed by atoms with Gasteiger partial charge in [0.15, 0.2) is 5.82 Å². The van der Waals surface area contributed by atoms with Crippen molar-refractivity contribution < 1.29 is 14.1 Å². The molecular weight excluding hydrogens is 260 g/mol. The molecular formula is C13H20N4O3. The van der Waals surface area contributed by atoms with E-state index >= 15 is 0 Å². The maximum Gasteiger partial charge on any atom is 0.242 e. The van der Waals surface area contributed by atoms with Crippen molar-refractivity contribution in [3.63, 3.8) is 0 Å². The molecule has 1 aliphatic rings. The first-order valence-electron chi connectivity index (χ1n) is 6.71. The van der Waals surface area contributed by atoms with E-state index in [9.17, 15) is 9.59 Å². The van der Waals surface area contributed by atoms with Crippen molar-refractivity contribution in [2.24, 2.45) is 0 Å². The summed E-state index contributed by atoms with van der Waals surface area (Å²) in [6.45, 7) is 7.92. The van der Waals surface area contributed by atoms with Crippen molar-refractivity contribution in [3.05, 3.63) is 11.8 Å². The van der Waals surface area contributed by atoms with Gasteiger partial charge >= 0.3 is 0 Å². The molecule has 1 N–H and O–H groups in total. The number of carbonyl (C=O) groups excluding carboxylic acids is 2. The summed E-state index contributed by atoms with van der Waals surface area (Å²) in [4.78, 5) is 27.2. The van der Waals surface area contributed by atoms with Crippen molar-refractivity contribution in [2.45, 2.75) is 26.8 Å². The Kier molecular flexibility index (Phi) is 4.39. The fourth-order valence-corrected chi connectivity index (χ4v) is 2.25. The van der Waals surface area contributed by atoms with Crippen LogP contribution in [-0.4, -0.2) is 59.0 Å². The van der Waals surface area contributed by atoms with Crippen LogP contribution >= 0.6 is 0 Å². The van der Waals surface area contributed by atoms with Crippen molar-refractivity contribution in [1.82, 2.24) is 15.0 Å². The second-order valence-electron chi connectivity index (χ2n) is 5.03. The summed E-state index contributed by atoms with van der Waals surface area (Å²) < 4.78 is 4.91. The molecule has 2 amide bonds. The Hall–Kier alpha value is -1.89. The zero-order valence-corrected chi connectivity index (χ0v) is 12.0. The molecule has 0 saturated carbocycles. The van der Waals surface area contributed by atoms with Crippen LogP contribution in [0.4, 0.5) is 5.82 Å². The van der Waals surface area contributed by atoms with Gasteiger partial charge in [0.05, 0.1) is 6.04 Å². The van der Waals surface area contributed by atoms with E-state index in [-0.39, 0.29) is 17.9 Å². The Bertz CT molecular complexity index is 492. The van der Waals surface area contributed by atoms with Gasteiger partial charge in [-0.3, -0.25) is 14.5 Å². The number of aryl methyl sites for hydroxylation is 1. The lowest BCUT2D eigenvalue weighted by molar-refractivity contribution is -0.131. The average molecular weight is 280 g/mol. The summed E-state index contributed by atoms with van der Waals surface area (Å²) in [5.41, 5.74) is 0. The molecule has 0 spiro atoms. The minimum atomic E-state index is -0.263. The third kappa shape index (κ3) is 3.36. The van der Waals surface area contributed by atoms with E-state index in [1.54, 1.807) is 24.8 Å². The predicted octanol–water partition coefficient (Wildman–Crippen LogP) is 0.474. The zero-order valence-electron chi connectivity index (χ0n) is 12.0. The molecule has 1 atom stereocenters. The lowest BCUT2D eigenvalue weighted by Crippen LogP contribution is -2.53. The van der Waals surface area contributed by atoms with Crippen molar-refractivity contribution in [1.29, 1.82) is 0 Å². The fraction of sp³-hybridized carbons (Fsp3) is 0.615. The van der Waals surface area contributed by atoms with E-state index in [1.165, 1.54) is 0 Å². The van der Waals surface area contributed by atoms with Gasteiger partial charge in [-0.05, 0) is 13.8 Å². The number of piperazine rings is 1. The van der Waals surface area contributed by atoms with Gasteiger partial charge < -0.3 is 14.7 Å². The SMILES string of the molecule is CC(=O)N1CCN([C@@H](C)C(=O)Nc2cc(C)on2)CC1. The lowest BCUT2D eigenvalue weighted by atomic mass is 10.2. The highest BCUT2D eigenvalue weighted by atomic mass is 16.5. The lowest BCUT2D eigenvalue weighted by Gasteiger charge is -2.36. The first kappa shape index (κ1) is 14.5. The van der Waals surface area contributed by atoms with Gasteiger partial charge in [0.2, 0.25) is 11.8 Å². The molecule has 0 radical (unpaired) electrons. The van der Waals surface area contributed by atoms with Crippen LogP contribution in [0.3, 0.4) is 0 Å². The van der Waals surface area contributed by atoms with Gasteiger partial charge in [-0.2, -0.15) is 0 Å². The monoisotopic (exact) mass is 280 g/mol. The van der Waals surface area contributed by atoms with Crippen LogP contribution in [-0.2, 0) is 9.59 Å². The molecule has 0 aliphatic carbocycles. The maximum atomic E-state index is 12.1. The Morgan fingerprint density at radius 1 is 1.35 bits per heavy atom. The molecule has 2 rings (SSSR count). The van der Waals surface area contributed by atoms with Gasteiger partial charge in [-0.15, -0.1) is 0 Å². The van der Waals surface area contributed by atoms with E-state index in [2.05, 4.69) is 15.4 Å². The number of nitrogens with one attached hydrogen (secondary N) is 1. The molecule has 2 heterocycles. The largest absolute Gasteiger partial charge is 0.360 e. The van der Waals surface area contributed by atoms with Gasteiger partial charge in [0.25, 0.3) is 0 Å². The summed E-state index contributed by atoms with van der Waals surface area (Å²) in [7, 11) is 0. The second kappa shape index (κ2) is 6.04. The molecule has 1 aromatic heterocycles. The Balaban J connectivity index is 1.86. The van der Waals surface area contributed by atoms with Crippen LogP contribution in [0.15, 0.2) is 10.6 Å². The van der Waals surface area contributed by atoms with E-state index in [0.717, 1.165) is 0 Å². The molecule has 1 aliphatic heterocycles. The predicted molar refractivity (Wildman–Crippen MR) is 73.2 cm³/mol. The third-order valence-corrected chi connectivity index (χ3v) is 3.57. The molecule has 20 heavy (non-hydrogen) atoms. The van der Waals surface area contributed by atoms with E-state index in [0.29, 0.717) is 37.8 Å². The molecule has 7 heteroatoms. The zero-order chi connectivity index (χ0) is 14.7. The van der Waals surface area contributed by atoms with Crippen molar-refractivity contribution in [2.75, 3.05) is 31.5 Å². The second-order valence-corrected chi connectivity index (χ2v) is 5.03. The topological polar surface area (TPSA) is 78.7 Å². The van der Waals surface area contributed by atoms with E-state index in [1.807, 2.05) is 6.92 Å². The van der Waals surface area contributed by atoms with Crippen LogP contribution in [0.2, 0.25) is 0 Å². The molecule has 1 fully saturated rings. The highest BCUT2D eigenvalue weighted by Gasteiger charge is 2.26. The molecule has 0 aromatic carbocycles. The number of rotatable bonds is 3. The number of hydrogen-bond acceptors (Lipinski definition) is 5. The van der Waals surface area contributed by atoms with E-state index in [4.69, 9.17) is 4.52 Å². The summed E-state index contributed by atoms with van der Waals surface area (Å²) in [6, 6.07) is 1.42. The minimum Gasteiger partial charge on any atom is -0.360 e. The number of carbonyl (C=O) groups is 2. The number of nitrogens with zero attached hydrogens (tertiary/aromatic N) is 3. The number of aromatic nitrogens is 1. The number of amides is 2. The van der Waals surface area contributed by atoms with Gasteiger partial charge in [-0.25, -0.2) is 0 Å². The van der Waals surface area contributed by atoms with Gasteiger partial charge in [-0.1, -0.05) is 5.16 Å². The van der Waals surface area contributed by atoms with Crippen LogP contribution in [0.1, 0.15) is 19.6 Å². The number of hydrogen-bond donors (Lipinski definition) is 1. The Labute approximate surface area is 117 Å². The molecule has 1 saturated heterocycles. The molecule has 110 valence electrons. The van der Waals surface area contributed by atoms with Crippen molar-refractivity contribution in [3.8, 4) is 0 Å². The van der Waals surface area contributed by atoms with Crippen LogP contribution in [0, 0.1) is 6.92 Å². The van der Waals surface area contributed by atoms with Crippen LogP contribution in [0.25, 0.3) is 0 Å². The Morgan fingerprint density at radius 2 is 2.00 bits per heavy atom. The van der Waals surface area contributed by atoms with Crippen LogP contribution < -0.4 is 5.32 Å². The van der Waals surface area contributed by atoms with Crippen LogP contribution in [0.5, 0.6) is 0 Å². The summed E-state index contributed by atoms with van der Waals surface area (Å²) in [5.74, 6) is 1.05. The average Bonchev–Trinajstić information content (AvgIpc) is 2.83. The summed E-state index contributed by atoms with van der Waals surface area (Å²) in [6.07, 6.45) is 0. The van der Waals surface area contributed by atoms with Gasteiger partial charge in [0.1, 0.15) is 5.76 Å². The van der Waals surface area contributed by atoms with E-state index < -0.39 is 0 Å². The summed E-state index contributed by atoms with van der Waals surface area (Å²) in [5, 5.41) is 6.47. The normalized spacial score (nSPS) is 17.9. The highest BCUT2D eigenvalue weighted by molar-refractivity contribution is 5.93.